The number of nitrogens with one attached hydrogen (secondary N) is 1. The van der Waals surface area contributed by atoms with Crippen LogP contribution in [0.4, 0.5) is 14.9 Å². The van der Waals surface area contributed by atoms with Gasteiger partial charge in [-0.05, 0) is 36.9 Å². The summed E-state index contributed by atoms with van der Waals surface area (Å²) in [5, 5.41) is 14.7. The lowest BCUT2D eigenvalue weighted by atomic mass is 10.1. The molecule has 1 unspecified atom stereocenters. The molecule has 8 nitrogen and oxygen atoms in total. The van der Waals surface area contributed by atoms with Crippen LogP contribution in [-0.4, -0.2) is 54.3 Å². The second-order valence-electron chi connectivity index (χ2n) is 7.50. The maximum Gasteiger partial charge on any atom is 0.411 e. The van der Waals surface area contributed by atoms with E-state index in [1.165, 1.54) is 38.7 Å². The Hall–Kier alpha value is -2.63. The molecular formula is C20H22FN3O5S2. The van der Waals surface area contributed by atoms with Gasteiger partial charge in [-0.25, -0.2) is 17.6 Å². The highest BCUT2D eigenvalue weighted by atomic mass is 32.2. The molecule has 0 bridgehead atoms. The Morgan fingerprint density at radius 2 is 2.13 bits per heavy atom. The van der Waals surface area contributed by atoms with Gasteiger partial charge in [-0.2, -0.15) is 4.31 Å². The second-order valence-corrected chi connectivity index (χ2v) is 10.5. The van der Waals surface area contributed by atoms with E-state index in [1.54, 1.807) is 6.92 Å². The summed E-state index contributed by atoms with van der Waals surface area (Å²) < 4.78 is 44.8. The molecule has 4 rings (SSSR count). The van der Waals surface area contributed by atoms with Gasteiger partial charge < -0.3 is 15.2 Å². The Morgan fingerprint density at radius 3 is 2.81 bits per heavy atom. The lowest BCUT2D eigenvalue weighted by molar-refractivity contribution is 0.156. The highest BCUT2D eigenvalue weighted by Gasteiger charge is 2.31. The standard InChI is InChI=1S/C20H22FN3O5S2/c1-12-19(15-6-8-30-18(15)11-24(12)20(25)26)22-16-4-3-13(21)9-17(16)29-14-5-7-23(10-14)31(2,27)28/h3-4,6,8-9,14,22H,5,7,10-11H2,1-2H3,(H,25,26). The lowest BCUT2D eigenvalue weighted by Crippen LogP contribution is -2.32. The van der Waals surface area contributed by atoms with Crippen molar-refractivity contribution < 1.29 is 27.4 Å². The largest absolute Gasteiger partial charge is 0.487 e. The molecule has 2 aliphatic heterocycles. The number of allylic oxidation sites excluding steroid dienone is 1. The number of benzene rings is 1. The molecule has 0 saturated carbocycles. The fourth-order valence-electron chi connectivity index (χ4n) is 3.75. The molecule has 11 heteroatoms. The van der Waals surface area contributed by atoms with Gasteiger partial charge in [0.2, 0.25) is 10.0 Å². The first kappa shape index (κ1) is 21.6. The average Bonchev–Trinajstić information content (AvgIpc) is 3.34. The Labute approximate surface area is 183 Å². The van der Waals surface area contributed by atoms with Gasteiger partial charge in [-0.3, -0.25) is 4.90 Å². The van der Waals surface area contributed by atoms with Gasteiger partial charge >= 0.3 is 6.09 Å². The maximum atomic E-state index is 14.0. The van der Waals surface area contributed by atoms with E-state index >= 15 is 0 Å². The van der Waals surface area contributed by atoms with Crippen LogP contribution in [-0.2, 0) is 16.6 Å². The van der Waals surface area contributed by atoms with E-state index in [4.69, 9.17) is 4.74 Å². The van der Waals surface area contributed by atoms with Crippen LogP contribution in [0, 0.1) is 5.82 Å². The number of fused-ring (bicyclic) bond motifs is 1. The second kappa shape index (κ2) is 8.13. The molecular weight excluding hydrogens is 445 g/mol. The number of thiophene rings is 1. The molecule has 1 aromatic carbocycles. The highest BCUT2D eigenvalue weighted by Crippen LogP contribution is 2.38. The number of amides is 1. The van der Waals surface area contributed by atoms with Crippen molar-refractivity contribution in [2.24, 2.45) is 0 Å². The van der Waals surface area contributed by atoms with Gasteiger partial charge in [0, 0.05) is 28.7 Å². The molecule has 1 aromatic heterocycles. The molecule has 1 amide bonds. The fraction of sp³-hybridized carbons (Fsp3) is 0.350. The Morgan fingerprint density at radius 1 is 1.35 bits per heavy atom. The highest BCUT2D eigenvalue weighted by molar-refractivity contribution is 7.88. The summed E-state index contributed by atoms with van der Waals surface area (Å²) in [7, 11) is -3.32. The van der Waals surface area contributed by atoms with Crippen LogP contribution < -0.4 is 10.1 Å². The first-order valence-corrected chi connectivity index (χ1v) is 12.3. The van der Waals surface area contributed by atoms with Crippen molar-refractivity contribution >= 4 is 38.8 Å². The Kier molecular flexibility index (Phi) is 5.67. The van der Waals surface area contributed by atoms with Crippen molar-refractivity contribution in [1.82, 2.24) is 9.21 Å². The van der Waals surface area contributed by atoms with Crippen molar-refractivity contribution in [2.45, 2.75) is 26.0 Å². The number of hydrogen-bond acceptors (Lipinski definition) is 6. The fourth-order valence-corrected chi connectivity index (χ4v) is 5.50. The third-order valence-corrected chi connectivity index (χ3v) is 7.56. The molecule has 2 aliphatic rings. The Balaban J connectivity index is 1.64. The molecule has 31 heavy (non-hydrogen) atoms. The van der Waals surface area contributed by atoms with Crippen molar-refractivity contribution in [3.05, 3.63) is 51.6 Å². The smallest absolute Gasteiger partial charge is 0.411 e. The number of rotatable bonds is 5. The summed E-state index contributed by atoms with van der Waals surface area (Å²) in [6.45, 7) is 2.52. The maximum absolute atomic E-state index is 14.0. The molecule has 1 fully saturated rings. The van der Waals surface area contributed by atoms with Crippen molar-refractivity contribution in [2.75, 3.05) is 24.7 Å². The third kappa shape index (κ3) is 4.39. The molecule has 166 valence electrons. The Bertz CT molecular complexity index is 1160. The molecule has 3 heterocycles. The van der Waals surface area contributed by atoms with Crippen molar-refractivity contribution in [3.63, 3.8) is 0 Å². The first-order chi connectivity index (χ1) is 14.6. The minimum atomic E-state index is -3.32. The number of carbonyl (C=O) groups is 1. The molecule has 0 aliphatic carbocycles. The number of sulfonamides is 1. The minimum absolute atomic E-state index is 0.192. The predicted octanol–water partition coefficient (Wildman–Crippen LogP) is 3.59. The SMILES string of the molecule is CC1=C(Nc2ccc(F)cc2OC2CCN(S(C)(=O)=O)C2)c2ccsc2CN1C(=O)O. The number of ether oxygens (including phenoxy) is 1. The first-order valence-electron chi connectivity index (χ1n) is 9.60. The van der Waals surface area contributed by atoms with Gasteiger partial charge in [0.05, 0.1) is 30.7 Å². The summed E-state index contributed by atoms with van der Waals surface area (Å²) >= 11 is 1.47. The van der Waals surface area contributed by atoms with Crippen LogP contribution in [0.3, 0.4) is 0 Å². The monoisotopic (exact) mass is 467 g/mol. The van der Waals surface area contributed by atoms with Crippen LogP contribution in [0.5, 0.6) is 5.75 Å². The number of anilines is 1. The summed E-state index contributed by atoms with van der Waals surface area (Å²) in [4.78, 5) is 13.8. The van der Waals surface area contributed by atoms with Crippen molar-refractivity contribution in [1.29, 1.82) is 0 Å². The number of hydrogen-bond donors (Lipinski definition) is 2. The van der Waals surface area contributed by atoms with Crippen LogP contribution in [0.15, 0.2) is 35.3 Å². The van der Waals surface area contributed by atoms with Crippen LogP contribution in [0.1, 0.15) is 23.8 Å². The van der Waals surface area contributed by atoms with E-state index in [-0.39, 0.29) is 18.8 Å². The minimum Gasteiger partial charge on any atom is -0.487 e. The molecule has 1 saturated heterocycles. The normalized spacial score (nSPS) is 19.5. The summed E-state index contributed by atoms with van der Waals surface area (Å²) in [5.41, 5.74) is 2.49. The van der Waals surface area contributed by atoms with Crippen LogP contribution in [0.25, 0.3) is 5.70 Å². The quantitative estimate of drug-likeness (QED) is 0.697. The van der Waals surface area contributed by atoms with Gasteiger partial charge in [-0.15, -0.1) is 11.3 Å². The predicted molar refractivity (Wildman–Crippen MR) is 116 cm³/mol. The topological polar surface area (TPSA) is 99.2 Å². The van der Waals surface area contributed by atoms with Crippen LogP contribution >= 0.6 is 11.3 Å². The van der Waals surface area contributed by atoms with Gasteiger partial charge in [0.15, 0.2) is 0 Å². The van der Waals surface area contributed by atoms with Crippen LogP contribution in [0.2, 0.25) is 0 Å². The van der Waals surface area contributed by atoms with E-state index < -0.39 is 28.0 Å². The summed E-state index contributed by atoms with van der Waals surface area (Å²) in [6, 6.07) is 5.97. The zero-order valence-corrected chi connectivity index (χ0v) is 18.6. The van der Waals surface area contributed by atoms with Gasteiger partial charge in [-0.1, -0.05) is 0 Å². The lowest BCUT2D eigenvalue weighted by Gasteiger charge is -2.29. The third-order valence-electron chi connectivity index (χ3n) is 5.39. The number of carboxylic acid groups (broad SMARTS) is 1. The molecule has 0 radical (unpaired) electrons. The van der Waals surface area contributed by atoms with Crippen molar-refractivity contribution in [3.8, 4) is 5.75 Å². The summed E-state index contributed by atoms with van der Waals surface area (Å²) in [5.74, 6) is -0.249. The molecule has 0 spiro atoms. The van der Waals surface area contributed by atoms with E-state index in [1.807, 2.05) is 11.4 Å². The zero-order valence-electron chi connectivity index (χ0n) is 17.0. The van der Waals surface area contributed by atoms with E-state index in [0.717, 1.165) is 16.7 Å². The molecule has 1 atom stereocenters. The summed E-state index contributed by atoms with van der Waals surface area (Å²) in [6.07, 6.45) is 0.172. The average molecular weight is 468 g/mol. The van der Waals surface area contributed by atoms with Gasteiger partial charge in [0.25, 0.3) is 0 Å². The zero-order chi connectivity index (χ0) is 22.3. The number of nitrogens with zero attached hydrogens (tertiary/aromatic N) is 2. The van der Waals surface area contributed by atoms with Gasteiger partial charge in [0.1, 0.15) is 17.7 Å². The molecule has 2 aromatic rings. The van der Waals surface area contributed by atoms with E-state index in [2.05, 4.69) is 5.32 Å². The van der Waals surface area contributed by atoms with E-state index in [9.17, 15) is 22.7 Å². The van der Waals surface area contributed by atoms with E-state index in [0.29, 0.717) is 30.0 Å². The molecule has 2 N–H and O–H groups in total. The number of halogens is 1.